The Morgan fingerprint density at radius 3 is 2.52 bits per heavy atom. The van der Waals surface area contributed by atoms with Crippen molar-refractivity contribution in [3.63, 3.8) is 0 Å². The van der Waals surface area contributed by atoms with Crippen LogP contribution in [0.5, 0.6) is 0 Å². The molecule has 0 aromatic carbocycles. The fraction of sp³-hybridized carbons (Fsp3) is 0.944. The predicted octanol–water partition coefficient (Wildman–Crippen LogP) is 2.80. The Kier molecular flexibility index (Phi) is 3.95. The Bertz CT molecular complexity index is 383. The quantitative estimate of drug-likeness (QED) is 0.805. The summed E-state index contributed by atoms with van der Waals surface area (Å²) in [4.78, 5) is 15.1. The van der Waals surface area contributed by atoms with Gasteiger partial charge >= 0.3 is 0 Å². The highest BCUT2D eigenvalue weighted by Gasteiger charge is 2.41. The largest absolute Gasteiger partial charge is 0.341 e. The maximum atomic E-state index is 12.9. The first-order valence-corrected chi connectivity index (χ1v) is 9.33. The van der Waals surface area contributed by atoms with E-state index in [1.807, 2.05) is 0 Å². The molecule has 2 heterocycles. The third kappa shape index (κ3) is 2.74. The van der Waals surface area contributed by atoms with Gasteiger partial charge < -0.3 is 10.2 Å². The van der Waals surface area contributed by atoms with Crippen LogP contribution in [0.1, 0.15) is 57.8 Å². The van der Waals surface area contributed by atoms with E-state index in [4.69, 9.17) is 0 Å². The number of carbonyl (C=O) groups excluding carboxylic acids is 1. The van der Waals surface area contributed by atoms with Gasteiger partial charge in [0.15, 0.2) is 0 Å². The summed E-state index contributed by atoms with van der Waals surface area (Å²) in [7, 11) is 0. The van der Waals surface area contributed by atoms with Gasteiger partial charge in [0.1, 0.15) is 0 Å². The van der Waals surface area contributed by atoms with E-state index in [1.165, 1.54) is 57.8 Å². The number of fused-ring (bicyclic) bond motifs is 2. The van der Waals surface area contributed by atoms with E-state index in [0.717, 1.165) is 37.4 Å². The highest BCUT2D eigenvalue weighted by Crippen LogP contribution is 2.43. The van der Waals surface area contributed by atoms with Crippen LogP contribution in [0.25, 0.3) is 0 Å². The average Bonchev–Trinajstić information content (AvgIpc) is 2.97. The average molecular weight is 290 g/mol. The highest BCUT2D eigenvalue weighted by molar-refractivity contribution is 5.79. The van der Waals surface area contributed by atoms with Gasteiger partial charge in [-0.2, -0.15) is 0 Å². The molecule has 5 atom stereocenters. The number of rotatable bonds is 1. The molecule has 0 radical (unpaired) electrons. The fourth-order valence-corrected chi connectivity index (χ4v) is 5.58. The zero-order chi connectivity index (χ0) is 14.2. The lowest BCUT2D eigenvalue weighted by molar-refractivity contribution is -0.137. The normalized spacial score (nSPS) is 43.2. The smallest absolute Gasteiger partial charge is 0.225 e. The maximum absolute atomic E-state index is 12.9. The second kappa shape index (κ2) is 5.91. The van der Waals surface area contributed by atoms with Crippen molar-refractivity contribution in [2.75, 3.05) is 19.6 Å². The molecule has 4 aliphatic rings. The monoisotopic (exact) mass is 290 g/mol. The third-order valence-corrected chi connectivity index (χ3v) is 6.80. The molecule has 1 amide bonds. The number of amides is 1. The van der Waals surface area contributed by atoms with E-state index in [2.05, 4.69) is 10.2 Å². The van der Waals surface area contributed by atoms with E-state index in [0.29, 0.717) is 17.9 Å². The number of likely N-dealkylation sites (tertiary alicyclic amines) is 1. The molecule has 0 aromatic rings. The van der Waals surface area contributed by atoms with E-state index in [1.54, 1.807) is 0 Å². The zero-order valence-electron chi connectivity index (χ0n) is 13.2. The van der Waals surface area contributed by atoms with Gasteiger partial charge in [-0.05, 0) is 56.4 Å². The SMILES string of the molecule is O=C(C1CCC2CCCCC2C1)N1C[C@@H]2CCCN[C@@H]2C1. The standard InChI is InChI=1S/C18H30N2O/c21-18(20-11-16-6-3-9-19-17(16)12-20)15-8-7-13-4-1-2-5-14(13)10-15/h13-17,19H,1-12H2/t13?,14?,15?,16-,17+/m0/s1. The molecule has 2 aliphatic carbocycles. The van der Waals surface area contributed by atoms with Crippen molar-refractivity contribution >= 4 is 5.91 Å². The Balaban J connectivity index is 1.37. The maximum Gasteiger partial charge on any atom is 0.225 e. The molecule has 3 unspecified atom stereocenters. The molecule has 2 aliphatic heterocycles. The minimum atomic E-state index is 0.351. The minimum absolute atomic E-state index is 0.351. The highest BCUT2D eigenvalue weighted by atomic mass is 16.2. The van der Waals surface area contributed by atoms with Gasteiger partial charge in [-0.25, -0.2) is 0 Å². The molecule has 3 nitrogen and oxygen atoms in total. The molecule has 0 aromatic heterocycles. The van der Waals surface area contributed by atoms with Gasteiger partial charge in [0.05, 0.1) is 0 Å². The van der Waals surface area contributed by atoms with Crippen LogP contribution >= 0.6 is 0 Å². The summed E-state index contributed by atoms with van der Waals surface area (Å²) in [6.45, 7) is 3.16. The first kappa shape index (κ1) is 14.0. The van der Waals surface area contributed by atoms with Crippen LogP contribution in [0, 0.1) is 23.7 Å². The zero-order valence-corrected chi connectivity index (χ0v) is 13.2. The van der Waals surface area contributed by atoms with Crippen molar-refractivity contribution < 1.29 is 4.79 Å². The lowest BCUT2D eigenvalue weighted by Crippen LogP contribution is -2.42. The molecule has 118 valence electrons. The molecule has 2 saturated carbocycles. The Hall–Kier alpha value is -0.570. The number of nitrogens with one attached hydrogen (secondary N) is 1. The Labute approximate surface area is 128 Å². The lowest BCUT2D eigenvalue weighted by atomic mass is 9.67. The van der Waals surface area contributed by atoms with Crippen molar-refractivity contribution in [1.29, 1.82) is 0 Å². The second-order valence-corrected chi connectivity index (χ2v) is 8.02. The topological polar surface area (TPSA) is 32.3 Å². The van der Waals surface area contributed by atoms with Gasteiger partial charge in [-0.15, -0.1) is 0 Å². The van der Waals surface area contributed by atoms with Crippen LogP contribution in [0.3, 0.4) is 0 Å². The number of carbonyl (C=O) groups is 1. The first-order valence-electron chi connectivity index (χ1n) is 9.33. The van der Waals surface area contributed by atoms with E-state index >= 15 is 0 Å². The summed E-state index contributed by atoms with van der Waals surface area (Å²) in [6.07, 6.45) is 11.9. The van der Waals surface area contributed by atoms with Gasteiger partial charge in [0.2, 0.25) is 5.91 Å². The van der Waals surface area contributed by atoms with E-state index in [9.17, 15) is 4.79 Å². The molecular weight excluding hydrogens is 260 g/mol. The summed E-state index contributed by atoms with van der Waals surface area (Å²) < 4.78 is 0. The van der Waals surface area contributed by atoms with E-state index < -0.39 is 0 Å². The fourth-order valence-electron chi connectivity index (χ4n) is 5.58. The molecule has 0 bridgehead atoms. The number of piperidine rings is 1. The van der Waals surface area contributed by atoms with Gasteiger partial charge in [-0.3, -0.25) is 4.79 Å². The van der Waals surface area contributed by atoms with Crippen molar-refractivity contribution in [1.82, 2.24) is 10.2 Å². The van der Waals surface area contributed by atoms with Crippen LogP contribution in [-0.4, -0.2) is 36.5 Å². The summed E-state index contributed by atoms with van der Waals surface area (Å²) in [5.74, 6) is 3.39. The van der Waals surface area contributed by atoms with Crippen LogP contribution in [0.4, 0.5) is 0 Å². The summed E-state index contributed by atoms with van der Waals surface area (Å²) in [5.41, 5.74) is 0. The van der Waals surface area contributed by atoms with Gasteiger partial charge in [0, 0.05) is 25.0 Å². The van der Waals surface area contributed by atoms with Crippen LogP contribution in [0.15, 0.2) is 0 Å². The summed E-state index contributed by atoms with van der Waals surface area (Å²) in [5, 5.41) is 3.62. The first-order chi connectivity index (χ1) is 10.3. The number of hydrogen-bond donors (Lipinski definition) is 1. The van der Waals surface area contributed by atoms with Gasteiger partial charge in [-0.1, -0.05) is 25.7 Å². The third-order valence-electron chi connectivity index (χ3n) is 6.80. The predicted molar refractivity (Wildman–Crippen MR) is 83.9 cm³/mol. The van der Waals surface area contributed by atoms with E-state index in [-0.39, 0.29) is 0 Å². The molecule has 1 N–H and O–H groups in total. The van der Waals surface area contributed by atoms with Crippen LogP contribution < -0.4 is 5.32 Å². The molecule has 2 saturated heterocycles. The van der Waals surface area contributed by atoms with Crippen LogP contribution in [-0.2, 0) is 4.79 Å². The van der Waals surface area contributed by atoms with Crippen molar-refractivity contribution in [3.8, 4) is 0 Å². The molecule has 21 heavy (non-hydrogen) atoms. The van der Waals surface area contributed by atoms with Crippen molar-refractivity contribution in [2.24, 2.45) is 23.7 Å². The van der Waals surface area contributed by atoms with Crippen molar-refractivity contribution in [3.05, 3.63) is 0 Å². The van der Waals surface area contributed by atoms with Gasteiger partial charge in [0.25, 0.3) is 0 Å². The Morgan fingerprint density at radius 2 is 1.67 bits per heavy atom. The Morgan fingerprint density at radius 1 is 0.857 bits per heavy atom. The minimum Gasteiger partial charge on any atom is -0.341 e. The number of nitrogens with zero attached hydrogens (tertiary/aromatic N) is 1. The summed E-state index contributed by atoms with van der Waals surface area (Å²) >= 11 is 0. The molecule has 3 heteroatoms. The lowest BCUT2D eigenvalue weighted by Gasteiger charge is -2.39. The molecular formula is C18H30N2O. The second-order valence-electron chi connectivity index (χ2n) is 8.02. The van der Waals surface area contributed by atoms with Crippen LogP contribution in [0.2, 0.25) is 0 Å². The summed E-state index contributed by atoms with van der Waals surface area (Å²) in [6, 6.07) is 0.591. The molecule has 0 spiro atoms. The number of hydrogen-bond acceptors (Lipinski definition) is 2. The molecule has 4 fully saturated rings. The van der Waals surface area contributed by atoms with Crippen molar-refractivity contribution in [2.45, 2.75) is 63.8 Å². The molecule has 4 rings (SSSR count).